The number of carboxylic acids is 1. The summed E-state index contributed by atoms with van der Waals surface area (Å²) in [5.74, 6) is -4.25. The average molecular weight is 437 g/mol. The Kier molecular flexibility index (Phi) is 9.41. The molecular formula is C19H27N5O7. The first-order chi connectivity index (χ1) is 14.4. The van der Waals surface area contributed by atoms with Gasteiger partial charge in [0, 0.05) is 6.42 Å². The van der Waals surface area contributed by atoms with E-state index >= 15 is 0 Å². The highest BCUT2D eigenvalue weighted by molar-refractivity contribution is 5.94. The molecule has 170 valence electrons. The molecule has 12 heteroatoms. The van der Waals surface area contributed by atoms with E-state index in [0.29, 0.717) is 5.56 Å². The first kappa shape index (κ1) is 25.4. The molecule has 0 saturated heterocycles. The number of rotatable bonds is 11. The number of primary amides is 1. The quantitative estimate of drug-likeness (QED) is 0.200. The summed E-state index contributed by atoms with van der Waals surface area (Å²) in [6, 6.07) is 1.17. The number of hydrogen-bond donors (Lipinski definition) is 7. The van der Waals surface area contributed by atoms with E-state index in [9.17, 15) is 34.2 Å². The zero-order valence-corrected chi connectivity index (χ0v) is 17.1. The lowest BCUT2D eigenvalue weighted by atomic mass is 10.1. The van der Waals surface area contributed by atoms with E-state index in [1.54, 1.807) is 0 Å². The molecule has 0 saturated carbocycles. The van der Waals surface area contributed by atoms with Crippen molar-refractivity contribution in [3.8, 4) is 5.75 Å². The van der Waals surface area contributed by atoms with Crippen molar-refractivity contribution in [1.29, 1.82) is 0 Å². The minimum absolute atomic E-state index is 0.0211. The Morgan fingerprint density at radius 3 is 1.87 bits per heavy atom. The van der Waals surface area contributed by atoms with Gasteiger partial charge in [-0.3, -0.25) is 19.2 Å². The van der Waals surface area contributed by atoms with Crippen LogP contribution in [0.4, 0.5) is 0 Å². The number of phenolic OH excluding ortho intramolecular Hbond substituents is 1. The molecule has 0 heterocycles. The lowest BCUT2D eigenvalue weighted by Gasteiger charge is -2.21. The van der Waals surface area contributed by atoms with Gasteiger partial charge >= 0.3 is 5.97 Å². The highest BCUT2D eigenvalue weighted by Crippen LogP contribution is 2.11. The van der Waals surface area contributed by atoms with Crippen LogP contribution >= 0.6 is 0 Å². The van der Waals surface area contributed by atoms with Gasteiger partial charge in [0.15, 0.2) is 0 Å². The molecule has 31 heavy (non-hydrogen) atoms. The van der Waals surface area contributed by atoms with Gasteiger partial charge in [0.1, 0.15) is 23.9 Å². The predicted molar refractivity (Wildman–Crippen MR) is 108 cm³/mol. The SMILES string of the molecule is CC(NC(=O)C(N)CC(N)=O)C(=O)NC(C)C(=O)NC(Cc1ccc(O)cc1)C(=O)O. The van der Waals surface area contributed by atoms with Crippen LogP contribution in [0.25, 0.3) is 0 Å². The van der Waals surface area contributed by atoms with E-state index in [0.717, 1.165) is 0 Å². The van der Waals surface area contributed by atoms with Gasteiger partial charge in [-0.1, -0.05) is 12.1 Å². The van der Waals surface area contributed by atoms with E-state index in [1.165, 1.54) is 38.1 Å². The summed E-state index contributed by atoms with van der Waals surface area (Å²) in [6.45, 7) is 2.69. The molecule has 12 nitrogen and oxygen atoms in total. The zero-order valence-electron chi connectivity index (χ0n) is 17.1. The molecule has 4 amide bonds. The van der Waals surface area contributed by atoms with E-state index in [1.807, 2.05) is 0 Å². The Morgan fingerprint density at radius 2 is 1.39 bits per heavy atom. The predicted octanol–water partition coefficient (Wildman–Crippen LogP) is -2.28. The summed E-state index contributed by atoms with van der Waals surface area (Å²) in [7, 11) is 0. The minimum atomic E-state index is -1.27. The molecule has 0 aromatic heterocycles. The van der Waals surface area contributed by atoms with Crippen molar-refractivity contribution in [2.24, 2.45) is 11.5 Å². The topological polar surface area (TPSA) is 214 Å². The molecule has 1 aromatic rings. The molecule has 0 bridgehead atoms. The zero-order chi connectivity index (χ0) is 23.7. The third-order valence-corrected chi connectivity index (χ3v) is 4.25. The van der Waals surface area contributed by atoms with E-state index in [2.05, 4.69) is 16.0 Å². The Morgan fingerprint density at radius 1 is 0.903 bits per heavy atom. The van der Waals surface area contributed by atoms with Gasteiger partial charge in [0.25, 0.3) is 0 Å². The first-order valence-electron chi connectivity index (χ1n) is 9.36. The lowest BCUT2D eigenvalue weighted by molar-refractivity contribution is -0.142. The number of nitrogens with one attached hydrogen (secondary N) is 3. The van der Waals surface area contributed by atoms with Gasteiger partial charge in [-0.05, 0) is 31.5 Å². The van der Waals surface area contributed by atoms with Crippen molar-refractivity contribution >= 4 is 29.6 Å². The molecule has 0 radical (unpaired) electrons. The smallest absolute Gasteiger partial charge is 0.326 e. The fourth-order valence-corrected chi connectivity index (χ4v) is 2.46. The number of carbonyl (C=O) groups excluding carboxylic acids is 4. The highest BCUT2D eigenvalue weighted by atomic mass is 16.4. The summed E-state index contributed by atoms with van der Waals surface area (Å²) in [6.07, 6.45) is -0.428. The number of nitrogens with two attached hydrogens (primary N) is 2. The molecule has 9 N–H and O–H groups in total. The molecule has 4 unspecified atom stereocenters. The van der Waals surface area contributed by atoms with Gasteiger partial charge in [0.2, 0.25) is 23.6 Å². The maximum Gasteiger partial charge on any atom is 0.326 e. The lowest BCUT2D eigenvalue weighted by Crippen LogP contribution is -2.55. The van der Waals surface area contributed by atoms with Gasteiger partial charge in [-0.15, -0.1) is 0 Å². The number of phenols is 1. The number of aliphatic carboxylic acids is 1. The Balaban J connectivity index is 2.62. The Hall–Kier alpha value is -3.67. The van der Waals surface area contributed by atoms with Gasteiger partial charge < -0.3 is 37.6 Å². The molecular weight excluding hydrogens is 410 g/mol. The molecule has 4 atom stereocenters. The van der Waals surface area contributed by atoms with Crippen LogP contribution in [0.3, 0.4) is 0 Å². The maximum atomic E-state index is 12.3. The van der Waals surface area contributed by atoms with Crippen molar-refractivity contribution in [3.05, 3.63) is 29.8 Å². The number of aromatic hydroxyl groups is 1. The van der Waals surface area contributed by atoms with E-state index in [4.69, 9.17) is 11.5 Å². The standard InChI is InChI=1S/C19H27N5O7/c1-9(23-18(29)13(20)8-15(21)26)16(27)22-10(2)17(28)24-14(19(30)31)7-11-3-5-12(25)6-4-11/h3-6,9-10,13-14,25H,7-8,20H2,1-2H3,(H2,21,26)(H,22,27)(H,23,29)(H,24,28)(H,30,31). The van der Waals surface area contributed by atoms with Crippen LogP contribution in [0.5, 0.6) is 5.75 Å². The molecule has 0 aliphatic heterocycles. The molecule has 0 fully saturated rings. The number of hydrogen-bond acceptors (Lipinski definition) is 7. The van der Waals surface area contributed by atoms with Gasteiger partial charge in [-0.2, -0.15) is 0 Å². The summed E-state index contributed by atoms with van der Waals surface area (Å²) >= 11 is 0. The molecule has 0 aliphatic rings. The second kappa shape index (κ2) is 11.5. The van der Waals surface area contributed by atoms with Crippen LogP contribution in [-0.4, -0.2) is 64.0 Å². The molecule has 0 spiro atoms. The van der Waals surface area contributed by atoms with Crippen LogP contribution < -0.4 is 27.4 Å². The fourth-order valence-electron chi connectivity index (χ4n) is 2.46. The molecule has 1 rings (SSSR count). The van der Waals surface area contributed by atoms with Crippen molar-refractivity contribution in [3.63, 3.8) is 0 Å². The molecule has 1 aromatic carbocycles. The maximum absolute atomic E-state index is 12.3. The third-order valence-electron chi connectivity index (χ3n) is 4.25. The van der Waals surface area contributed by atoms with Crippen LogP contribution in [0.15, 0.2) is 24.3 Å². The van der Waals surface area contributed by atoms with Crippen LogP contribution in [-0.2, 0) is 30.4 Å². The van der Waals surface area contributed by atoms with Crippen molar-refractivity contribution in [1.82, 2.24) is 16.0 Å². The highest BCUT2D eigenvalue weighted by Gasteiger charge is 2.26. The first-order valence-corrected chi connectivity index (χ1v) is 9.36. The summed E-state index contributed by atoms with van der Waals surface area (Å²) in [5, 5.41) is 25.6. The normalized spacial score (nSPS) is 14.4. The second-order valence-corrected chi connectivity index (χ2v) is 7.01. The van der Waals surface area contributed by atoms with Crippen LogP contribution in [0, 0.1) is 0 Å². The van der Waals surface area contributed by atoms with Crippen LogP contribution in [0.2, 0.25) is 0 Å². The summed E-state index contributed by atoms with van der Waals surface area (Å²) < 4.78 is 0. The van der Waals surface area contributed by atoms with Gasteiger partial charge in [-0.25, -0.2) is 4.79 Å². The number of carbonyl (C=O) groups is 5. The minimum Gasteiger partial charge on any atom is -0.508 e. The second-order valence-electron chi connectivity index (χ2n) is 7.01. The van der Waals surface area contributed by atoms with E-state index < -0.39 is 60.2 Å². The summed E-state index contributed by atoms with van der Waals surface area (Å²) in [5.41, 5.74) is 11.0. The third kappa shape index (κ3) is 8.70. The van der Waals surface area contributed by atoms with Crippen molar-refractivity contribution in [2.75, 3.05) is 0 Å². The fraction of sp³-hybridized carbons (Fsp3) is 0.421. The van der Waals surface area contributed by atoms with Crippen molar-refractivity contribution in [2.45, 2.75) is 50.9 Å². The van der Waals surface area contributed by atoms with Crippen LogP contribution in [0.1, 0.15) is 25.8 Å². The van der Waals surface area contributed by atoms with E-state index in [-0.39, 0.29) is 12.2 Å². The Labute approximate surface area is 178 Å². The average Bonchev–Trinajstić information content (AvgIpc) is 2.67. The van der Waals surface area contributed by atoms with Gasteiger partial charge in [0.05, 0.1) is 12.5 Å². The largest absolute Gasteiger partial charge is 0.508 e. The summed E-state index contributed by atoms with van der Waals surface area (Å²) in [4.78, 5) is 58.7. The monoisotopic (exact) mass is 437 g/mol. The van der Waals surface area contributed by atoms with Crippen molar-refractivity contribution < 1.29 is 34.2 Å². The number of amides is 4. The molecule has 0 aliphatic carbocycles. The number of carboxylic acid groups (broad SMARTS) is 1. The Bertz CT molecular complexity index is 827. The number of benzene rings is 1.